The first-order valence-electron chi connectivity index (χ1n) is 5.24. The van der Waals surface area contributed by atoms with Crippen molar-refractivity contribution >= 4 is 7.60 Å². The van der Waals surface area contributed by atoms with Crippen LogP contribution in [0.1, 0.15) is 17.2 Å². The third kappa shape index (κ3) is 3.24. The molecule has 0 radical (unpaired) electrons. The summed E-state index contributed by atoms with van der Waals surface area (Å²) in [5, 5.41) is 2.78. The van der Waals surface area contributed by atoms with Crippen molar-refractivity contribution in [3.05, 3.63) is 48.3 Å². The van der Waals surface area contributed by atoms with Gasteiger partial charge < -0.3 is 14.8 Å². The van der Waals surface area contributed by atoms with Crippen LogP contribution in [0.3, 0.4) is 0 Å². The number of rotatable bonds is 5. The molecule has 1 unspecified atom stereocenters. The Bertz CT molecular complexity index is 525. The van der Waals surface area contributed by atoms with Gasteiger partial charge in [-0.25, -0.2) is 4.98 Å². The van der Waals surface area contributed by atoms with Gasteiger partial charge in [-0.1, -0.05) is 6.07 Å². The first kappa shape index (κ1) is 12.9. The second-order valence-corrected chi connectivity index (χ2v) is 5.40. The zero-order chi connectivity index (χ0) is 13.0. The van der Waals surface area contributed by atoms with Crippen LogP contribution in [0.25, 0.3) is 0 Å². The van der Waals surface area contributed by atoms with Crippen molar-refractivity contribution in [1.29, 1.82) is 0 Å². The summed E-state index contributed by atoms with van der Waals surface area (Å²) in [4.78, 5) is 29.1. The van der Waals surface area contributed by atoms with Crippen molar-refractivity contribution in [1.82, 2.24) is 20.3 Å². The average molecular weight is 268 g/mol. The van der Waals surface area contributed by atoms with Crippen LogP contribution in [0.5, 0.6) is 0 Å². The Morgan fingerprint density at radius 3 is 2.83 bits per heavy atom. The van der Waals surface area contributed by atoms with Gasteiger partial charge in [0.25, 0.3) is 0 Å². The quantitative estimate of drug-likeness (QED) is 0.596. The smallest absolute Gasteiger partial charge is 0.347 e. The molecule has 4 N–H and O–H groups in total. The van der Waals surface area contributed by atoms with Crippen molar-refractivity contribution in [3.63, 3.8) is 0 Å². The second-order valence-electron chi connectivity index (χ2n) is 3.71. The Balaban J connectivity index is 2.10. The summed E-state index contributed by atoms with van der Waals surface area (Å²) in [6, 6.07) is 3.58. The molecule has 1 atom stereocenters. The topological polar surface area (TPSA) is 111 Å². The lowest BCUT2D eigenvalue weighted by Crippen LogP contribution is -2.22. The zero-order valence-corrected chi connectivity index (χ0v) is 10.3. The Kier molecular flexibility index (Phi) is 3.88. The molecule has 0 aromatic carbocycles. The summed E-state index contributed by atoms with van der Waals surface area (Å²) >= 11 is 0. The van der Waals surface area contributed by atoms with Crippen LogP contribution in [0.15, 0.2) is 36.9 Å². The lowest BCUT2D eigenvalue weighted by atomic mass is 10.3. The molecule has 7 nitrogen and oxygen atoms in total. The Hall–Kier alpha value is -1.53. The first-order chi connectivity index (χ1) is 8.57. The van der Waals surface area contributed by atoms with Gasteiger partial charge >= 0.3 is 7.60 Å². The molecule has 0 aliphatic carbocycles. The highest BCUT2D eigenvalue weighted by Crippen LogP contribution is 2.48. The van der Waals surface area contributed by atoms with E-state index in [2.05, 4.69) is 20.3 Å². The molecule has 0 fully saturated rings. The van der Waals surface area contributed by atoms with E-state index in [1.54, 1.807) is 18.5 Å². The van der Waals surface area contributed by atoms with E-state index in [4.69, 9.17) is 0 Å². The van der Waals surface area contributed by atoms with Gasteiger partial charge in [0.15, 0.2) is 5.78 Å². The summed E-state index contributed by atoms with van der Waals surface area (Å²) in [6.07, 6.45) is 6.23. The molecule has 0 bridgehead atoms. The Morgan fingerprint density at radius 2 is 2.28 bits per heavy atom. The van der Waals surface area contributed by atoms with E-state index < -0.39 is 13.4 Å². The molecule has 96 valence electrons. The molecular weight excluding hydrogens is 255 g/mol. The molecule has 0 saturated carbocycles. The fourth-order valence-electron chi connectivity index (χ4n) is 1.52. The van der Waals surface area contributed by atoms with Crippen molar-refractivity contribution in [2.75, 3.05) is 0 Å². The van der Waals surface area contributed by atoms with Gasteiger partial charge in [-0.15, -0.1) is 0 Å². The van der Waals surface area contributed by atoms with Crippen LogP contribution >= 0.6 is 7.60 Å². The largest absolute Gasteiger partial charge is 0.350 e. The molecule has 18 heavy (non-hydrogen) atoms. The summed E-state index contributed by atoms with van der Waals surface area (Å²) in [5.74, 6) is -0.931. The number of imidazole rings is 1. The van der Waals surface area contributed by atoms with Crippen LogP contribution in [0.2, 0.25) is 0 Å². The fraction of sp³-hybridized carbons (Fsp3) is 0.200. The number of hydrogen-bond acceptors (Lipinski definition) is 4. The molecule has 2 aromatic rings. The predicted molar refractivity (Wildman–Crippen MR) is 64.4 cm³/mol. The van der Waals surface area contributed by atoms with Gasteiger partial charge in [-0.2, -0.15) is 0 Å². The maximum absolute atomic E-state index is 11.4. The van der Waals surface area contributed by atoms with E-state index in [1.165, 1.54) is 12.4 Å². The SMILES string of the molecule is O=P(O)(O)C(NCc1cccnc1)c1ncc[nH]1. The zero-order valence-electron chi connectivity index (χ0n) is 9.39. The minimum atomic E-state index is -4.33. The third-order valence-corrected chi connectivity index (χ3v) is 3.44. The molecule has 2 rings (SSSR count). The van der Waals surface area contributed by atoms with Crippen LogP contribution in [0, 0.1) is 0 Å². The highest BCUT2D eigenvalue weighted by Gasteiger charge is 2.31. The monoisotopic (exact) mass is 268 g/mol. The summed E-state index contributed by atoms with van der Waals surface area (Å²) in [7, 11) is -4.33. The molecule has 0 saturated heterocycles. The van der Waals surface area contributed by atoms with Crippen molar-refractivity contribution in [2.45, 2.75) is 12.3 Å². The maximum Gasteiger partial charge on any atom is 0.350 e. The number of pyridine rings is 1. The standard InChI is InChI=1S/C10H13N4O3P/c15-18(16,17)10(9-12-4-5-13-9)14-7-8-2-1-3-11-6-8/h1-6,10,14H,7H2,(H,12,13)(H2,15,16,17). The van der Waals surface area contributed by atoms with E-state index in [-0.39, 0.29) is 5.82 Å². The molecule has 2 aromatic heterocycles. The normalized spacial score (nSPS) is 13.4. The predicted octanol–water partition coefficient (Wildman–Crippen LogP) is 0.771. The van der Waals surface area contributed by atoms with E-state index in [1.807, 2.05) is 6.07 Å². The second kappa shape index (κ2) is 5.41. The van der Waals surface area contributed by atoms with E-state index >= 15 is 0 Å². The van der Waals surface area contributed by atoms with Gasteiger partial charge in [-0.3, -0.25) is 14.9 Å². The van der Waals surface area contributed by atoms with Crippen LogP contribution in [-0.2, 0) is 11.1 Å². The molecule has 8 heteroatoms. The van der Waals surface area contributed by atoms with Gasteiger partial charge in [-0.05, 0) is 11.6 Å². The average Bonchev–Trinajstić information content (AvgIpc) is 2.82. The van der Waals surface area contributed by atoms with Crippen LogP contribution < -0.4 is 5.32 Å². The van der Waals surface area contributed by atoms with Crippen molar-refractivity contribution in [3.8, 4) is 0 Å². The minimum Gasteiger partial charge on any atom is -0.347 e. The molecule has 2 heterocycles. The Labute approximate surface area is 103 Å². The number of nitrogens with one attached hydrogen (secondary N) is 2. The van der Waals surface area contributed by atoms with Gasteiger partial charge in [0.05, 0.1) is 0 Å². The first-order valence-corrected chi connectivity index (χ1v) is 6.92. The maximum atomic E-state index is 11.4. The molecular formula is C10H13N4O3P. The molecule has 0 spiro atoms. The van der Waals surface area contributed by atoms with Gasteiger partial charge in [0.1, 0.15) is 5.82 Å². The number of aromatic amines is 1. The Morgan fingerprint density at radius 1 is 1.44 bits per heavy atom. The minimum absolute atomic E-state index is 0.215. The van der Waals surface area contributed by atoms with Gasteiger partial charge in [0, 0.05) is 31.3 Å². The number of aromatic nitrogens is 3. The summed E-state index contributed by atoms with van der Waals surface area (Å²) in [6.45, 7) is 0.296. The van der Waals surface area contributed by atoms with Gasteiger partial charge in [0.2, 0.25) is 0 Å². The third-order valence-electron chi connectivity index (χ3n) is 2.34. The number of hydrogen-bond donors (Lipinski definition) is 4. The van der Waals surface area contributed by atoms with Crippen molar-refractivity contribution < 1.29 is 14.4 Å². The van der Waals surface area contributed by atoms with Crippen LogP contribution in [-0.4, -0.2) is 24.7 Å². The van der Waals surface area contributed by atoms with Crippen molar-refractivity contribution in [2.24, 2.45) is 0 Å². The van der Waals surface area contributed by atoms with E-state index in [9.17, 15) is 14.4 Å². The molecule has 0 aliphatic rings. The fourth-order valence-corrected chi connectivity index (χ4v) is 2.31. The highest BCUT2D eigenvalue weighted by molar-refractivity contribution is 7.52. The van der Waals surface area contributed by atoms with E-state index in [0.29, 0.717) is 6.54 Å². The van der Waals surface area contributed by atoms with E-state index in [0.717, 1.165) is 5.56 Å². The molecule has 0 amide bonds. The summed E-state index contributed by atoms with van der Waals surface area (Å²) < 4.78 is 11.4. The summed E-state index contributed by atoms with van der Waals surface area (Å²) in [5.41, 5.74) is 0.836. The van der Waals surface area contributed by atoms with Crippen LogP contribution in [0.4, 0.5) is 0 Å². The lowest BCUT2D eigenvalue weighted by Gasteiger charge is -2.17. The molecule has 0 aliphatic heterocycles. The highest BCUT2D eigenvalue weighted by atomic mass is 31.2. The lowest BCUT2D eigenvalue weighted by molar-refractivity contribution is 0.344. The number of H-pyrrole nitrogens is 1. The number of nitrogens with zero attached hydrogens (tertiary/aromatic N) is 2.